The second kappa shape index (κ2) is 4.23. The average Bonchev–Trinajstić information content (AvgIpc) is 2.74. The van der Waals surface area contributed by atoms with Crippen molar-refractivity contribution in [2.75, 3.05) is 18.6 Å². The molecule has 1 aromatic rings. The molecule has 16 heavy (non-hydrogen) atoms. The fourth-order valence-electron chi connectivity index (χ4n) is 1.79. The first-order chi connectivity index (χ1) is 7.65. The number of rotatable bonds is 4. The number of carbonyl (C=O) groups is 1. The average molecular weight is 224 g/mol. The highest BCUT2D eigenvalue weighted by Crippen LogP contribution is 2.26. The third-order valence-corrected chi connectivity index (χ3v) is 2.87. The quantitative estimate of drug-likeness (QED) is 0.706. The van der Waals surface area contributed by atoms with Gasteiger partial charge in [-0.25, -0.2) is 0 Å². The monoisotopic (exact) mass is 224 g/mol. The molecule has 2 heterocycles. The summed E-state index contributed by atoms with van der Waals surface area (Å²) in [6.07, 6.45) is 3.51. The van der Waals surface area contributed by atoms with Crippen LogP contribution < -0.4 is 10.6 Å². The van der Waals surface area contributed by atoms with Crippen LogP contribution in [0.5, 0.6) is 0 Å². The van der Waals surface area contributed by atoms with E-state index in [1.807, 2.05) is 13.1 Å². The summed E-state index contributed by atoms with van der Waals surface area (Å²) in [6, 6.07) is -0.324. The zero-order valence-corrected chi connectivity index (χ0v) is 9.46. The van der Waals surface area contributed by atoms with Gasteiger partial charge in [0.05, 0.1) is 31.1 Å². The number of hydrogen-bond donors (Lipinski definition) is 1. The SMILES string of the molecule is COCCn1cc(N2C(=O)[C@@H](N)[C@H]2C)cn1. The van der Waals surface area contributed by atoms with Crippen LogP contribution in [0.25, 0.3) is 0 Å². The number of carbonyl (C=O) groups excluding carboxylic acids is 1. The largest absolute Gasteiger partial charge is 0.383 e. The van der Waals surface area contributed by atoms with E-state index in [-0.39, 0.29) is 18.0 Å². The molecule has 0 saturated carbocycles. The topological polar surface area (TPSA) is 73.4 Å². The normalized spacial score (nSPS) is 24.7. The Labute approximate surface area is 94.0 Å². The van der Waals surface area contributed by atoms with Gasteiger partial charge in [-0.2, -0.15) is 5.10 Å². The zero-order chi connectivity index (χ0) is 11.7. The van der Waals surface area contributed by atoms with Gasteiger partial charge in [-0.1, -0.05) is 0 Å². The van der Waals surface area contributed by atoms with Gasteiger partial charge in [-0.15, -0.1) is 0 Å². The van der Waals surface area contributed by atoms with E-state index in [9.17, 15) is 4.79 Å². The van der Waals surface area contributed by atoms with Gasteiger partial charge in [0.15, 0.2) is 0 Å². The molecule has 88 valence electrons. The van der Waals surface area contributed by atoms with E-state index in [0.29, 0.717) is 13.2 Å². The van der Waals surface area contributed by atoms with Gasteiger partial charge in [0, 0.05) is 13.3 Å². The van der Waals surface area contributed by atoms with Crippen LogP contribution in [0.15, 0.2) is 12.4 Å². The van der Waals surface area contributed by atoms with E-state index < -0.39 is 0 Å². The van der Waals surface area contributed by atoms with Crippen molar-refractivity contribution in [3.05, 3.63) is 12.4 Å². The van der Waals surface area contributed by atoms with E-state index >= 15 is 0 Å². The maximum absolute atomic E-state index is 11.5. The van der Waals surface area contributed by atoms with Crippen LogP contribution >= 0.6 is 0 Å². The number of nitrogens with zero attached hydrogens (tertiary/aromatic N) is 3. The summed E-state index contributed by atoms with van der Waals surface area (Å²) in [4.78, 5) is 13.2. The molecule has 0 aromatic carbocycles. The summed E-state index contributed by atoms with van der Waals surface area (Å²) in [5.41, 5.74) is 6.44. The fraction of sp³-hybridized carbons (Fsp3) is 0.600. The van der Waals surface area contributed by atoms with Crippen LogP contribution in [-0.2, 0) is 16.1 Å². The summed E-state index contributed by atoms with van der Waals surface area (Å²) in [7, 11) is 1.64. The molecule has 1 aliphatic heterocycles. The van der Waals surface area contributed by atoms with E-state index in [1.54, 1.807) is 22.9 Å². The van der Waals surface area contributed by atoms with Crippen molar-refractivity contribution in [1.82, 2.24) is 9.78 Å². The molecule has 0 bridgehead atoms. The van der Waals surface area contributed by atoms with Crippen LogP contribution in [-0.4, -0.2) is 41.5 Å². The molecule has 6 heteroatoms. The summed E-state index contributed by atoms with van der Waals surface area (Å²) in [5.74, 6) is -0.0428. The van der Waals surface area contributed by atoms with Crippen LogP contribution in [0.2, 0.25) is 0 Å². The number of β-lactam (4-membered cyclic amide) rings is 1. The lowest BCUT2D eigenvalue weighted by molar-refractivity contribution is -0.125. The minimum Gasteiger partial charge on any atom is -0.383 e. The summed E-state index contributed by atoms with van der Waals surface area (Å²) >= 11 is 0. The van der Waals surface area contributed by atoms with Crippen molar-refractivity contribution in [1.29, 1.82) is 0 Å². The van der Waals surface area contributed by atoms with Gasteiger partial charge in [0.2, 0.25) is 5.91 Å². The van der Waals surface area contributed by atoms with Gasteiger partial charge >= 0.3 is 0 Å². The predicted octanol–water partition coefficient (Wildman–Crippen LogP) is -0.408. The minimum atomic E-state index is -0.373. The fourth-order valence-corrected chi connectivity index (χ4v) is 1.79. The Hall–Kier alpha value is -1.40. The smallest absolute Gasteiger partial charge is 0.246 e. The lowest BCUT2D eigenvalue weighted by Gasteiger charge is -2.42. The number of methoxy groups -OCH3 is 1. The van der Waals surface area contributed by atoms with Gasteiger partial charge < -0.3 is 15.4 Å². The third-order valence-electron chi connectivity index (χ3n) is 2.87. The van der Waals surface area contributed by atoms with Crippen molar-refractivity contribution < 1.29 is 9.53 Å². The number of amides is 1. The highest BCUT2D eigenvalue weighted by Gasteiger charge is 2.43. The Morgan fingerprint density at radius 3 is 3.00 bits per heavy atom. The van der Waals surface area contributed by atoms with E-state index in [0.717, 1.165) is 5.69 Å². The summed E-state index contributed by atoms with van der Waals surface area (Å²) < 4.78 is 6.71. The molecule has 0 spiro atoms. The third kappa shape index (κ3) is 1.70. The molecule has 1 fully saturated rings. The maximum atomic E-state index is 11.5. The van der Waals surface area contributed by atoms with E-state index in [4.69, 9.17) is 10.5 Å². The Morgan fingerprint density at radius 1 is 1.62 bits per heavy atom. The molecule has 2 atom stereocenters. The number of hydrogen-bond acceptors (Lipinski definition) is 4. The van der Waals surface area contributed by atoms with Gasteiger partial charge in [-0.05, 0) is 6.92 Å². The van der Waals surface area contributed by atoms with Gasteiger partial charge in [0.1, 0.15) is 6.04 Å². The van der Waals surface area contributed by atoms with Crippen molar-refractivity contribution in [2.24, 2.45) is 5.73 Å². The van der Waals surface area contributed by atoms with Crippen molar-refractivity contribution in [3.63, 3.8) is 0 Å². The summed E-state index contributed by atoms with van der Waals surface area (Å²) in [5, 5.41) is 4.15. The molecule has 1 aliphatic rings. The molecule has 2 rings (SSSR count). The predicted molar refractivity (Wildman–Crippen MR) is 59.0 cm³/mol. The highest BCUT2D eigenvalue weighted by atomic mass is 16.5. The molecular formula is C10H16N4O2. The van der Waals surface area contributed by atoms with Gasteiger partial charge in [0.25, 0.3) is 0 Å². The van der Waals surface area contributed by atoms with Gasteiger partial charge in [-0.3, -0.25) is 9.48 Å². The van der Waals surface area contributed by atoms with Crippen LogP contribution in [0.4, 0.5) is 5.69 Å². The molecule has 0 unspecified atom stereocenters. The molecule has 0 aliphatic carbocycles. The van der Waals surface area contributed by atoms with Crippen LogP contribution in [0, 0.1) is 0 Å². The highest BCUT2D eigenvalue weighted by molar-refractivity contribution is 6.05. The zero-order valence-electron chi connectivity index (χ0n) is 9.46. The second-order valence-corrected chi connectivity index (χ2v) is 3.93. The Kier molecular flexibility index (Phi) is 2.93. The molecule has 1 aromatic heterocycles. The number of aromatic nitrogens is 2. The maximum Gasteiger partial charge on any atom is 0.246 e. The Balaban J connectivity index is 2.05. The lowest BCUT2D eigenvalue weighted by Crippen LogP contribution is -2.67. The first kappa shape index (κ1) is 11.1. The lowest BCUT2D eigenvalue weighted by atomic mass is 9.97. The molecule has 0 radical (unpaired) electrons. The minimum absolute atomic E-state index is 0.0428. The van der Waals surface area contributed by atoms with Crippen molar-refractivity contribution >= 4 is 11.6 Å². The van der Waals surface area contributed by atoms with E-state index in [2.05, 4.69) is 5.10 Å². The number of ether oxygens (including phenoxy) is 1. The first-order valence-corrected chi connectivity index (χ1v) is 5.25. The van der Waals surface area contributed by atoms with Crippen molar-refractivity contribution in [2.45, 2.75) is 25.6 Å². The van der Waals surface area contributed by atoms with Crippen molar-refractivity contribution in [3.8, 4) is 0 Å². The molecule has 1 saturated heterocycles. The molecule has 6 nitrogen and oxygen atoms in total. The summed E-state index contributed by atoms with van der Waals surface area (Å²) in [6.45, 7) is 3.21. The molecular weight excluding hydrogens is 208 g/mol. The van der Waals surface area contributed by atoms with Crippen LogP contribution in [0.3, 0.4) is 0 Å². The second-order valence-electron chi connectivity index (χ2n) is 3.93. The number of anilines is 1. The number of nitrogens with two attached hydrogens (primary N) is 1. The molecule has 1 amide bonds. The standard InChI is InChI=1S/C10H16N4O2/c1-7-9(11)10(15)14(7)8-5-12-13(6-8)3-4-16-2/h5-7,9H,3-4,11H2,1-2H3/t7-,9+/m1/s1. The first-order valence-electron chi connectivity index (χ1n) is 5.25. The van der Waals surface area contributed by atoms with Crippen LogP contribution in [0.1, 0.15) is 6.92 Å². The van der Waals surface area contributed by atoms with E-state index in [1.165, 1.54) is 0 Å². The Morgan fingerprint density at radius 2 is 2.38 bits per heavy atom. The Bertz CT molecular complexity index is 390. The molecule has 2 N–H and O–H groups in total.